The summed E-state index contributed by atoms with van der Waals surface area (Å²) < 4.78 is 50.5. The molecule has 0 aromatic heterocycles. The maximum Gasteiger partial charge on any atom is 0.243 e. The van der Waals surface area contributed by atoms with E-state index in [0.717, 1.165) is 12.8 Å². The summed E-state index contributed by atoms with van der Waals surface area (Å²) in [5, 5.41) is 8.79. The first-order valence-electron chi connectivity index (χ1n) is 7.08. The van der Waals surface area contributed by atoms with Gasteiger partial charge in [0.15, 0.2) is 9.84 Å². The Labute approximate surface area is 130 Å². The van der Waals surface area contributed by atoms with Gasteiger partial charge in [-0.05, 0) is 43.5 Å². The van der Waals surface area contributed by atoms with Crippen LogP contribution in [-0.4, -0.2) is 44.7 Å². The number of hydrogen-bond donors (Lipinski definition) is 0. The number of rotatable bonds is 4. The molecule has 0 N–H and O–H groups in total. The Balaban J connectivity index is 1.95. The van der Waals surface area contributed by atoms with E-state index in [1.807, 2.05) is 6.07 Å². The molecule has 6 nitrogen and oxygen atoms in total. The first kappa shape index (κ1) is 15.5. The summed E-state index contributed by atoms with van der Waals surface area (Å²) in [7, 11) is -6.89. The van der Waals surface area contributed by atoms with E-state index < -0.39 is 25.9 Å². The highest BCUT2D eigenvalue weighted by Gasteiger charge is 2.46. The van der Waals surface area contributed by atoms with Crippen LogP contribution in [0.1, 0.15) is 24.8 Å². The van der Waals surface area contributed by atoms with Crippen LogP contribution in [0.3, 0.4) is 0 Å². The van der Waals surface area contributed by atoms with E-state index in [9.17, 15) is 16.8 Å². The molecule has 8 heteroatoms. The van der Waals surface area contributed by atoms with Crippen LogP contribution in [0.2, 0.25) is 0 Å². The Morgan fingerprint density at radius 3 is 2.18 bits per heavy atom. The molecule has 0 radical (unpaired) electrons. The molecular formula is C14H16N2O4S2. The molecule has 0 amide bonds. The molecule has 1 aromatic rings. The van der Waals surface area contributed by atoms with Gasteiger partial charge in [-0.1, -0.05) is 0 Å². The summed E-state index contributed by atoms with van der Waals surface area (Å²) in [6.07, 6.45) is 1.90. The molecule has 2 fully saturated rings. The Hall–Kier alpha value is -1.43. The second-order valence-electron chi connectivity index (χ2n) is 5.76. The third-order valence-corrected chi connectivity index (χ3v) is 7.80. The zero-order chi connectivity index (χ0) is 16.0. The predicted molar refractivity (Wildman–Crippen MR) is 80.3 cm³/mol. The van der Waals surface area contributed by atoms with E-state index in [1.165, 1.54) is 28.6 Å². The standard InChI is InChI=1S/C14H16N2O4S2/c15-9-11-1-5-14(6-2-11)22(19,20)16(12-3-4-12)13-7-8-21(17,18)10-13/h1-2,5-6,12-13H,3-4,7-8,10H2/t13-/m1/s1. The van der Waals surface area contributed by atoms with Crippen LogP contribution in [0.15, 0.2) is 29.2 Å². The molecule has 1 saturated carbocycles. The van der Waals surface area contributed by atoms with Crippen molar-refractivity contribution in [2.24, 2.45) is 0 Å². The van der Waals surface area contributed by atoms with Gasteiger partial charge >= 0.3 is 0 Å². The first-order chi connectivity index (χ1) is 10.3. The first-order valence-corrected chi connectivity index (χ1v) is 10.3. The average molecular weight is 340 g/mol. The summed E-state index contributed by atoms with van der Waals surface area (Å²) in [5.41, 5.74) is 0.389. The molecule has 1 atom stereocenters. The molecule has 1 heterocycles. The third-order valence-electron chi connectivity index (χ3n) is 4.03. The van der Waals surface area contributed by atoms with Gasteiger partial charge in [-0.15, -0.1) is 0 Å². The lowest BCUT2D eigenvalue weighted by Crippen LogP contribution is -2.42. The maximum atomic E-state index is 12.9. The van der Waals surface area contributed by atoms with E-state index in [2.05, 4.69) is 0 Å². The minimum Gasteiger partial charge on any atom is -0.229 e. The monoisotopic (exact) mass is 340 g/mol. The van der Waals surface area contributed by atoms with Crippen molar-refractivity contribution in [3.8, 4) is 6.07 Å². The van der Waals surface area contributed by atoms with Crippen molar-refractivity contribution in [3.05, 3.63) is 29.8 Å². The number of benzene rings is 1. The predicted octanol–water partition coefficient (Wildman–Crippen LogP) is 0.898. The van der Waals surface area contributed by atoms with Gasteiger partial charge in [0, 0.05) is 12.1 Å². The molecule has 0 bridgehead atoms. The van der Waals surface area contributed by atoms with Gasteiger partial charge in [-0.25, -0.2) is 16.8 Å². The van der Waals surface area contributed by atoms with Crippen LogP contribution in [0.25, 0.3) is 0 Å². The van der Waals surface area contributed by atoms with Gasteiger partial charge in [-0.3, -0.25) is 0 Å². The highest BCUT2D eigenvalue weighted by atomic mass is 32.2. The lowest BCUT2D eigenvalue weighted by atomic mass is 10.2. The van der Waals surface area contributed by atoms with Gasteiger partial charge in [0.05, 0.1) is 28.0 Å². The van der Waals surface area contributed by atoms with Crippen LogP contribution in [0.5, 0.6) is 0 Å². The Morgan fingerprint density at radius 2 is 1.73 bits per heavy atom. The second kappa shape index (κ2) is 5.33. The zero-order valence-corrected chi connectivity index (χ0v) is 13.5. The lowest BCUT2D eigenvalue weighted by Gasteiger charge is -2.27. The molecule has 1 aliphatic carbocycles. The minimum absolute atomic E-state index is 0.0454. The fourth-order valence-electron chi connectivity index (χ4n) is 2.82. The minimum atomic E-state index is -3.74. The SMILES string of the molecule is N#Cc1ccc(S(=O)(=O)N(C2CC2)[C@@H]2CCS(=O)(=O)C2)cc1. The topological polar surface area (TPSA) is 95.3 Å². The van der Waals surface area contributed by atoms with Crippen molar-refractivity contribution in [2.45, 2.75) is 36.2 Å². The van der Waals surface area contributed by atoms with Gasteiger partial charge in [0.1, 0.15) is 0 Å². The maximum absolute atomic E-state index is 12.9. The van der Waals surface area contributed by atoms with Crippen LogP contribution in [-0.2, 0) is 19.9 Å². The van der Waals surface area contributed by atoms with Gasteiger partial charge in [0.2, 0.25) is 10.0 Å². The smallest absolute Gasteiger partial charge is 0.229 e. The van der Waals surface area contributed by atoms with Crippen molar-refractivity contribution >= 4 is 19.9 Å². The summed E-state index contributed by atoms with van der Waals surface area (Å²) >= 11 is 0. The zero-order valence-electron chi connectivity index (χ0n) is 11.8. The van der Waals surface area contributed by atoms with Crippen molar-refractivity contribution in [2.75, 3.05) is 11.5 Å². The number of hydrogen-bond acceptors (Lipinski definition) is 5. The van der Waals surface area contributed by atoms with Crippen molar-refractivity contribution in [1.29, 1.82) is 5.26 Å². The van der Waals surface area contributed by atoms with Crippen LogP contribution in [0, 0.1) is 11.3 Å². The van der Waals surface area contributed by atoms with Crippen molar-refractivity contribution < 1.29 is 16.8 Å². The summed E-state index contributed by atoms with van der Waals surface area (Å²) in [4.78, 5) is 0.114. The number of sulfonamides is 1. The highest BCUT2D eigenvalue weighted by Crippen LogP contribution is 2.36. The lowest BCUT2D eigenvalue weighted by molar-refractivity contribution is 0.332. The molecule has 1 aliphatic heterocycles. The Kier molecular flexibility index (Phi) is 3.75. The van der Waals surface area contributed by atoms with E-state index >= 15 is 0 Å². The molecule has 0 spiro atoms. The average Bonchev–Trinajstić information content (AvgIpc) is 3.23. The van der Waals surface area contributed by atoms with Gasteiger partial charge in [-0.2, -0.15) is 9.57 Å². The summed E-state index contributed by atoms with van der Waals surface area (Å²) in [6.45, 7) is 0. The molecule has 1 aromatic carbocycles. The van der Waals surface area contributed by atoms with E-state index in [0.29, 0.717) is 12.0 Å². The largest absolute Gasteiger partial charge is 0.243 e. The molecule has 3 rings (SSSR count). The van der Waals surface area contributed by atoms with Crippen LogP contribution in [0.4, 0.5) is 0 Å². The fraction of sp³-hybridized carbons (Fsp3) is 0.500. The Morgan fingerprint density at radius 1 is 1.09 bits per heavy atom. The number of nitriles is 1. The van der Waals surface area contributed by atoms with Crippen LogP contribution >= 0.6 is 0 Å². The molecule has 118 valence electrons. The summed E-state index contributed by atoms with van der Waals surface area (Å²) in [5.74, 6) is -0.0528. The Bertz CT molecular complexity index is 819. The summed E-state index contributed by atoms with van der Waals surface area (Å²) in [6, 6.07) is 7.12. The normalized spacial score (nSPS) is 24.3. The molecule has 2 aliphatic rings. The van der Waals surface area contributed by atoms with E-state index in [1.54, 1.807) is 0 Å². The van der Waals surface area contributed by atoms with Crippen molar-refractivity contribution in [1.82, 2.24) is 4.31 Å². The van der Waals surface area contributed by atoms with E-state index in [-0.39, 0.29) is 22.4 Å². The molecule has 0 unspecified atom stereocenters. The molecule has 22 heavy (non-hydrogen) atoms. The van der Waals surface area contributed by atoms with Gasteiger partial charge in [0.25, 0.3) is 0 Å². The molecular weight excluding hydrogens is 324 g/mol. The molecule has 1 saturated heterocycles. The van der Waals surface area contributed by atoms with Gasteiger partial charge < -0.3 is 0 Å². The number of nitrogens with zero attached hydrogens (tertiary/aromatic N) is 2. The fourth-order valence-corrected chi connectivity index (χ4v) is 6.52. The second-order valence-corrected chi connectivity index (χ2v) is 9.83. The van der Waals surface area contributed by atoms with Crippen molar-refractivity contribution in [3.63, 3.8) is 0 Å². The highest BCUT2D eigenvalue weighted by molar-refractivity contribution is 7.92. The number of sulfone groups is 1. The third kappa shape index (κ3) is 2.89. The van der Waals surface area contributed by atoms with Crippen LogP contribution < -0.4 is 0 Å². The van der Waals surface area contributed by atoms with E-state index in [4.69, 9.17) is 5.26 Å². The quantitative estimate of drug-likeness (QED) is 0.811.